The highest BCUT2D eigenvalue weighted by atomic mass is 19.4. The van der Waals surface area contributed by atoms with Crippen molar-refractivity contribution in [2.24, 2.45) is 0 Å². The van der Waals surface area contributed by atoms with E-state index in [4.69, 9.17) is 0 Å². The Morgan fingerprint density at radius 3 is 2.19 bits per heavy atom. The lowest BCUT2D eigenvalue weighted by Crippen LogP contribution is -2.10. The van der Waals surface area contributed by atoms with Crippen LogP contribution in [0.2, 0.25) is 0 Å². The van der Waals surface area contributed by atoms with Gasteiger partial charge in [0.2, 0.25) is 0 Å². The molecule has 2 aromatic rings. The summed E-state index contributed by atoms with van der Waals surface area (Å²) in [5, 5.41) is 11.2. The van der Waals surface area contributed by atoms with Crippen LogP contribution in [0.3, 0.4) is 0 Å². The van der Waals surface area contributed by atoms with E-state index in [1.807, 2.05) is 26.0 Å². The summed E-state index contributed by atoms with van der Waals surface area (Å²) in [6.45, 7) is 3.85. The fourth-order valence-corrected chi connectivity index (χ4v) is 1.89. The Bertz CT molecular complexity index is 577. The molecule has 0 radical (unpaired) electrons. The predicted octanol–water partition coefficient (Wildman–Crippen LogP) is 4.23. The van der Waals surface area contributed by atoms with Gasteiger partial charge in [-0.15, -0.1) is 5.10 Å². The molecule has 2 rings (SSSR count). The lowest BCUT2D eigenvalue weighted by atomic mass is 10.1. The minimum Gasteiger partial charge on any atom is -0.362 e. The zero-order chi connectivity index (χ0) is 15.5. The third-order valence-electron chi connectivity index (χ3n) is 3.18. The van der Waals surface area contributed by atoms with Crippen LogP contribution in [0.4, 0.5) is 19.0 Å². The molecule has 112 valence electrons. The number of aromatic nitrogens is 2. The minimum atomic E-state index is -4.31. The maximum atomic E-state index is 12.5. The SMILES string of the molecule is CCc1ccc(N[C@@H](C)c2ccc(C(F)(F)F)cc2)nn1. The molecule has 0 fully saturated rings. The lowest BCUT2D eigenvalue weighted by molar-refractivity contribution is -0.137. The molecule has 1 aromatic carbocycles. The van der Waals surface area contributed by atoms with Gasteiger partial charge in [-0.05, 0) is 43.2 Å². The van der Waals surface area contributed by atoms with E-state index in [1.165, 1.54) is 12.1 Å². The quantitative estimate of drug-likeness (QED) is 0.917. The Morgan fingerprint density at radius 1 is 1.05 bits per heavy atom. The van der Waals surface area contributed by atoms with Crippen LogP contribution in [0.25, 0.3) is 0 Å². The smallest absolute Gasteiger partial charge is 0.362 e. The van der Waals surface area contributed by atoms with Gasteiger partial charge in [-0.3, -0.25) is 0 Å². The van der Waals surface area contributed by atoms with Crippen LogP contribution in [-0.2, 0) is 12.6 Å². The molecular formula is C15H16F3N3. The van der Waals surface area contributed by atoms with Gasteiger partial charge >= 0.3 is 6.18 Å². The number of benzene rings is 1. The first kappa shape index (κ1) is 15.3. The molecule has 1 atom stereocenters. The van der Waals surface area contributed by atoms with Crippen LogP contribution in [0.15, 0.2) is 36.4 Å². The van der Waals surface area contributed by atoms with Crippen molar-refractivity contribution >= 4 is 5.82 Å². The molecule has 21 heavy (non-hydrogen) atoms. The summed E-state index contributed by atoms with van der Waals surface area (Å²) in [5.74, 6) is 0.597. The standard InChI is InChI=1S/C15H16F3N3/c1-3-13-8-9-14(21-20-13)19-10(2)11-4-6-12(7-5-11)15(16,17)18/h4-10H,3H2,1-2H3,(H,19,21)/t10-/m0/s1. The van der Waals surface area contributed by atoms with Gasteiger partial charge in [-0.25, -0.2) is 0 Å². The number of aryl methyl sites for hydroxylation is 1. The van der Waals surface area contributed by atoms with Gasteiger partial charge in [0.05, 0.1) is 11.3 Å². The van der Waals surface area contributed by atoms with Crippen LogP contribution < -0.4 is 5.32 Å². The van der Waals surface area contributed by atoms with Gasteiger partial charge in [0.1, 0.15) is 5.82 Å². The van der Waals surface area contributed by atoms with E-state index in [2.05, 4.69) is 15.5 Å². The average Bonchev–Trinajstić information content (AvgIpc) is 2.47. The maximum absolute atomic E-state index is 12.5. The molecule has 0 aliphatic carbocycles. The van der Waals surface area contributed by atoms with E-state index in [1.54, 1.807) is 0 Å². The second-order valence-corrected chi connectivity index (χ2v) is 4.75. The number of alkyl halides is 3. The fraction of sp³-hybridized carbons (Fsp3) is 0.333. The normalized spacial score (nSPS) is 13.0. The van der Waals surface area contributed by atoms with Gasteiger partial charge in [0, 0.05) is 6.04 Å². The highest BCUT2D eigenvalue weighted by Gasteiger charge is 2.30. The van der Waals surface area contributed by atoms with E-state index in [0.717, 1.165) is 29.8 Å². The van der Waals surface area contributed by atoms with Crippen molar-refractivity contribution in [3.8, 4) is 0 Å². The zero-order valence-electron chi connectivity index (χ0n) is 11.8. The van der Waals surface area contributed by atoms with Crippen molar-refractivity contribution in [3.63, 3.8) is 0 Å². The van der Waals surface area contributed by atoms with Crippen molar-refractivity contribution in [3.05, 3.63) is 53.2 Å². The molecular weight excluding hydrogens is 279 g/mol. The lowest BCUT2D eigenvalue weighted by Gasteiger charge is -2.15. The number of nitrogens with one attached hydrogen (secondary N) is 1. The number of nitrogens with zero attached hydrogens (tertiary/aromatic N) is 2. The summed E-state index contributed by atoms with van der Waals surface area (Å²) >= 11 is 0. The monoisotopic (exact) mass is 295 g/mol. The largest absolute Gasteiger partial charge is 0.416 e. The molecule has 0 aliphatic heterocycles. The van der Waals surface area contributed by atoms with Gasteiger partial charge < -0.3 is 5.32 Å². The molecule has 0 amide bonds. The molecule has 1 aromatic heterocycles. The Morgan fingerprint density at radius 2 is 1.71 bits per heavy atom. The Labute approximate surface area is 121 Å². The highest BCUT2D eigenvalue weighted by Crippen LogP contribution is 2.30. The van der Waals surface area contributed by atoms with Crippen LogP contribution >= 0.6 is 0 Å². The van der Waals surface area contributed by atoms with Crippen molar-refractivity contribution in [1.82, 2.24) is 10.2 Å². The molecule has 0 unspecified atom stereocenters. The van der Waals surface area contributed by atoms with E-state index in [-0.39, 0.29) is 6.04 Å². The molecule has 1 N–H and O–H groups in total. The molecule has 1 heterocycles. The Kier molecular flexibility index (Phi) is 4.45. The molecule has 6 heteroatoms. The summed E-state index contributed by atoms with van der Waals surface area (Å²) < 4.78 is 37.5. The first-order valence-corrected chi connectivity index (χ1v) is 6.66. The second-order valence-electron chi connectivity index (χ2n) is 4.75. The summed E-state index contributed by atoms with van der Waals surface area (Å²) in [6.07, 6.45) is -3.50. The Balaban J connectivity index is 2.07. The van der Waals surface area contributed by atoms with Crippen molar-refractivity contribution in [2.45, 2.75) is 32.5 Å². The molecule has 0 saturated carbocycles. The zero-order valence-corrected chi connectivity index (χ0v) is 11.8. The van der Waals surface area contributed by atoms with E-state index in [9.17, 15) is 13.2 Å². The molecule has 0 aliphatic rings. The highest BCUT2D eigenvalue weighted by molar-refractivity contribution is 5.38. The van der Waals surface area contributed by atoms with Crippen molar-refractivity contribution in [2.75, 3.05) is 5.32 Å². The minimum absolute atomic E-state index is 0.158. The molecule has 0 bridgehead atoms. The fourth-order valence-electron chi connectivity index (χ4n) is 1.89. The number of hydrogen-bond donors (Lipinski definition) is 1. The third-order valence-corrected chi connectivity index (χ3v) is 3.18. The van der Waals surface area contributed by atoms with Gasteiger partial charge in [-0.1, -0.05) is 19.1 Å². The first-order valence-electron chi connectivity index (χ1n) is 6.66. The van der Waals surface area contributed by atoms with Crippen molar-refractivity contribution in [1.29, 1.82) is 0 Å². The third kappa shape index (κ3) is 3.93. The van der Waals surface area contributed by atoms with Crippen LogP contribution in [0.1, 0.15) is 36.7 Å². The molecule has 0 saturated heterocycles. The summed E-state index contributed by atoms with van der Waals surface area (Å²) in [6, 6.07) is 8.62. The van der Waals surface area contributed by atoms with E-state index in [0.29, 0.717) is 5.82 Å². The average molecular weight is 295 g/mol. The molecule has 3 nitrogen and oxygen atoms in total. The van der Waals surface area contributed by atoms with Crippen LogP contribution in [0.5, 0.6) is 0 Å². The predicted molar refractivity (Wildman–Crippen MR) is 74.9 cm³/mol. The van der Waals surface area contributed by atoms with Gasteiger partial charge in [0.15, 0.2) is 0 Å². The number of hydrogen-bond acceptors (Lipinski definition) is 3. The van der Waals surface area contributed by atoms with Crippen LogP contribution in [0, 0.1) is 0 Å². The van der Waals surface area contributed by atoms with E-state index < -0.39 is 11.7 Å². The first-order chi connectivity index (χ1) is 9.90. The topological polar surface area (TPSA) is 37.8 Å². The van der Waals surface area contributed by atoms with Gasteiger partial charge in [0.25, 0.3) is 0 Å². The van der Waals surface area contributed by atoms with Crippen LogP contribution in [-0.4, -0.2) is 10.2 Å². The summed E-state index contributed by atoms with van der Waals surface area (Å²) in [5.41, 5.74) is 0.998. The van der Waals surface area contributed by atoms with Crippen molar-refractivity contribution < 1.29 is 13.2 Å². The summed E-state index contributed by atoms with van der Waals surface area (Å²) in [7, 11) is 0. The van der Waals surface area contributed by atoms with E-state index >= 15 is 0 Å². The number of anilines is 1. The Hall–Kier alpha value is -2.11. The van der Waals surface area contributed by atoms with Gasteiger partial charge in [-0.2, -0.15) is 18.3 Å². The molecule has 0 spiro atoms. The second kappa shape index (κ2) is 6.11. The maximum Gasteiger partial charge on any atom is 0.416 e. The summed E-state index contributed by atoms with van der Waals surface area (Å²) in [4.78, 5) is 0. The number of rotatable bonds is 4. The number of halogens is 3.